The summed E-state index contributed by atoms with van der Waals surface area (Å²) < 4.78 is 5.47. The topological polar surface area (TPSA) is 55.4 Å². The average Bonchev–Trinajstić information content (AvgIpc) is 2.42. The van der Waals surface area contributed by atoms with Crippen LogP contribution in [0.25, 0.3) is 0 Å². The Labute approximate surface area is 122 Å². The zero-order valence-corrected chi connectivity index (χ0v) is 13.3. The van der Waals surface area contributed by atoms with E-state index in [1.807, 2.05) is 27.7 Å². The van der Waals surface area contributed by atoms with Gasteiger partial charge in [0, 0.05) is 6.42 Å². The lowest BCUT2D eigenvalue weighted by atomic mass is 9.82. The third kappa shape index (κ3) is 6.04. The summed E-state index contributed by atoms with van der Waals surface area (Å²) >= 11 is 0. The Balaban J connectivity index is 2.55. The van der Waals surface area contributed by atoms with Crippen molar-refractivity contribution in [2.75, 3.05) is 6.61 Å². The molecule has 0 aromatic carbocycles. The van der Waals surface area contributed by atoms with Gasteiger partial charge in [0.05, 0.1) is 11.6 Å². The zero-order valence-electron chi connectivity index (χ0n) is 13.3. The van der Waals surface area contributed by atoms with Crippen LogP contribution in [0.15, 0.2) is 0 Å². The minimum absolute atomic E-state index is 0.0176. The predicted octanol–water partition coefficient (Wildman–Crippen LogP) is 2.85. The van der Waals surface area contributed by atoms with Gasteiger partial charge in [-0.3, -0.25) is 9.59 Å². The summed E-state index contributed by atoms with van der Waals surface area (Å²) in [5.74, 6) is 0.257. The van der Waals surface area contributed by atoms with Gasteiger partial charge >= 0.3 is 0 Å². The van der Waals surface area contributed by atoms with Gasteiger partial charge in [-0.1, -0.05) is 26.2 Å². The fraction of sp³-hybridized carbons (Fsp3) is 0.875. The third-order valence-electron chi connectivity index (χ3n) is 3.77. The van der Waals surface area contributed by atoms with E-state index in [4.69, 9.17) is 4.74 Å². The summed E-state index contributed by atoms with van der Waals surface area (Å²) in [6.07, 6.45) is 6.11. The summed E-state index contributed by atoms with van der Waals surface area (Å²) in [5, 5.41) is 2.90. The van der Waals surface area contributed by atoms with Gasteiger partial charge in [0.2, 0.25) is 5.91 Å². The van der Waals surface area contributed by atoms with Crippen LogP contribution in [0.1, 0.15) is 66.2 Å². The average molecular weight is 283 g/mol. The molecule has 20 heavy (non-hydrogen) atoms. The van der Waals surface area contributed by atoms with Crippen LogP contribution in [-0.4, -0.2) is 29.9 Å². The van der Waals surface area contributed by atoms with Crippen molar-refractivity contribution >= 4 is 11.7 Å². The maximum absolute atomic E-state index is 12.1. The van der Waals surface area contributed by atoms with Crippen LogP contribution in [-0.2, 0) is 14.3 Å². The first kappa shape index (κ1) is 17.2. The van der Waals surface area contributed by atoms with E-state index < -0.39 is 0 Å². The standard InChI is InChI=1S/C16H29NO3/c1-5-13(18)15(12-9-7-6-8-10-12)17-14(19)11-20-16(2,3)4/h12,15H,5-11H2,1-4H3,(H,17,19)/t15-/m1/s1. The normalized spacial score (nSPS) is 18.6. The molecule has 0 aromatic heterocycles. The number of hydrogen-bond donors (Lipinski definition) is 1. The summed E-state index contributed by atoms with van der Waals surface area (Å²) in [6, 6.07) is -0.323. The molecule has 116 valence electrons. The second-order valence-electron chi connectivity index (χ2n) is 6.66. The maximum atomic E-state index is 12.1. The van der Waals surface area contributed by atoms with Crippen molar-refractivity contribution < 1.29 is 14.3 Å². The van der Waals surface area contributed by atoms with Gasteiger partial charge < -0.3 is 10.1 Å². The van der Waals surface area contributed by atoms with E-state index in [-0.39, 0.29) is 29.9 Å². The lowest BCUT2D eigenvalue weighted by molar-refractivity contribution is -0.135. The minimum atomic E-state index is -0.341. The first-order valence-electron chi connectivity index (χ1n) is 7.79. The maximum Gasteiger partial charge on any atom is 0.246 e. The highest BCUT2D eigenvalue weighted by atomic mass is 16.5. The fourth-order valence-corrected chi connectivity index (χ4v) is 2.65. The van der Waals surface area contributed by atoms with Crippen LogP contribution in [0.4, 0.5) is 0 Å². The number of hydrogen-bond acceptors (Lipinski definition) is 3. The van der Waals surface area contributed by atoms with Crippen LogP contribution >= 0.6 is 0 Å². The molecular formula is C16H29NO3. The number of ether oxygens (including phenoxy) is 1. The quantitative estimate of drug-likeness (QED) is 0.815. The monoisotopic (exact) mass is 283 g/mol. The van der Waals surface area contributed by atoms with Gasteiger partial charge in [0.25, 0.3) is 0 Å². The van der Waals surface area contributed by atoms with E-state index >= 15 is 0 Å². The zero-order chi connectivity index (χ0) is 15.2. The highest BCUT2D eigenvalue weighted by Crippen LogP contribution is 2.27. The predicted molar refractivity (Wildman–Crippen MR) is 79.5 cm³/mol. The summed E-state index contributed by atoms with van der Waals surface area (Å²) in [4.78, 5) is 24.1. The van der Waals surface area contributed by atoms with Gasteiger partial charge in [-0.05, 0) is 39.5 Å². The molecule has 1 aliphatic carbocycles. The molecule has 0 unspecified atom stereocenters. The Bertz CT molecular complexity index is 327. The number of carbonyl (C=O) groups excluding carboxylic acids is 2. The third-order valence-corrected chi connectivity index (χ3v) is 3.77. The van der Waals surface area contributed by atoms with Crippen LogP contribution < -0.4 is 5.32 Å². The first-order chi connectivity index (χ1) is 9.33. The summed E-state index contributed by atoms with van der Waals surface area (Å²) in [7, 11) is 0. The van der Waals surface area contributed by atoms with E-state index in [0.29, 0.717) is 12.3 Å². The molecule has 1 fully saturated rings. The largest absolute Gasteiger partial charge is 0.366 e. The van der Waals surface area contributed by atoms with E-state index in [1.54, 1.807) is 0 Å². The Kier molecular flexibility index (Phi) is 6.66. The van der Waals surface area contributed by atoms with Crippen molar-refractivity contribution in [3.8, 4) is 0 Å². The van der Waals surface area contributed by atoms with E-state index in [0.717, 1.165) is 25.7 Å². The molecule has 1 N–H and O–H groups in total. The molecule has 0 aliphatic heterocycles. The van der Waals surface area contributed by atoms with Crippen molar-refractivity contribution in [3.05, 3.63) is 0 Å². The SMILES string of the molecule is CCC(=O)[C@H](NC(=O)COC(C)(C)C)C1CCCCC1. The van der Waals surface area contributed by atoms with Crippen LogP contribution in [0.3, 0.4) is 0 Å². The molecule has 0 radical (unpaired) electrons. The molecule has 0 heterocycles. The highest BCUT2D eigenvalue weighted by molar-refractivity contribution is 5.89. The van der Waals surface area contributed by atoms with Crippen LogP contribution in [0.5, 0.6) is 0 Å². The van der Waals surface area contributed by atoms with Crippen molar-refractivity contribution in [1.29, 1.82) is 0 Å². The van der Waals surface area contributed by atoms with Crippen molar-refractivity contribution in [3.63, 3.8) is 0 Å². The molecule has 1 amide bonds. The summed E-state index contributed by atoms with van der Waals surface area (Å²) in [6.45, 7) is 7.61. The van der Waals surface area contributed by atoms with Crippen molar-refractivity contribution in [1.82, 2.24) is 5.32 Å². The van der Waals surface area contributed by atoms with Crippen LogP contribution in [0.2, 0.25) is 0 Å². The highest BCUT2D eigenvalue weighted by Gasteiger charge is 2.29. The smallest absolute Gasteiger partial charge is 0.246 e. The molecule has 0 aromatic rings. The molecule has 0 spiro atoms. The molecular weight excluding hydrogens is 254 g/mol. The molecule has 1 aliphatic rings. The number of ketones is 1. The van der Waals surface area contributed by atoms with E-state index in [1.165, 1.54) is 6.42 Å². The van der Waals surface area contributed by atoms with E-state index in [2.05, 4.69) is 5.32 Å². The molecule has 0 saturated heterocycles. The molecule has 4 nitrogen and oxygen atoms in total. The number of Topliss-reactive ketones (excluding diaryl/α,β-unsaturated/α-hetero) is 1. The second kappa shape index (κ2) is 7.77. The van der Waals surface area contributed by atoms with Gasteiger partial charge in [0.1, 0.15) is 6.61 Å². The number of amides is 1. The lowest BCUT2D eigenvalue weighted by Crippen LogP contribution is -2.48. The molecule has 4 heteroatoms. The lowest BCUT2D eigenvalue weighted by Gasteiger charge is -2.30. The number of carbonyl (C=O) groups is 2. The van der Waals surface area contributed by atoms with Gasteiger partial charge in [0.15, 0.2) is 5.78 Å². The van der Waals surface area contributed by atoms with Gasteiger partial charge in [-0.15, -0.1) is 0 Å². The number of nitrogens with one attached hydrogen (secondary N) is 1. The Morgan fingerprint density at radius 2 is 1.80 bits per heavy atom. The molecule has 1 atom stereocenters. The van der Waals surface area contributed by atoms with Gasteiger partial charge in [-0.25, -0.2) is 0 Å². The minimum Gasteiger partial charge on any atom is -0.366 e. The molecule has 0 bridgehead atoms. The Hall–Kier alpha value is -0.900. The number of rotatable bonds is 6. The molecule has 1 rings (SSSR count). The van der Waals surface area contributed by atoms with E-state index in [9.17, 15) is 9.59 Å². The first-order valence-corrected chi connectivity index (χ1v) is 7.79. The van der Waals surface area contributed by atoms with Crippen LogP contribution in [0, 0.1) is 5.92 Å². The van der Waals surface area contributed by atoms with Crippen molar-refractivity contribution in [2.24, 2.45) is 5.92 Å². The van der Waals surface area contributed by atoms with Gasteiger partial charge in [-0.2, -0.15) is 0 Å². The van der Waals surface area contributed by atoms with Crippen molar-refractivity contribution in [2.45, 2.75) is 77.9 Å². The Morgan fingerprint density at radius 1 is 1.20 bits per heavy atom. The second-order valence-corrected chi connectivity index (χ2v) is 6.66. The Morgan fingerprint density at radius 3 is 2.30 bits per heavy atom. The summed E-state index contributed by atoms with van der Waals surface area (Å²) in [5.41, 5.74) is -0.341. The molecule has 1 saturated carbocycles. The fourth-order valence-electron chi connectivity index (χ4n) is 2.65.